The highest BCUT2D eigenvalue weighted by atomic mass is 35.5. The molecule has 1 aromatic heterocycles. The van der Waals surface area contributed by atoms with E-state index in [9.17, 15) is 4.79 Å². The number of hydrogen-bond donors (Lipinski definition) is 1. The SMILES string of the molecule is O=C(O)c1cc(Cl)c2ncsc2c1. The summed E-state index contributed by atoms with van der Waals surface area (Å²) in [5.74, 6) is -0.975. The van der Waals surface area contributed by atoms with Crippen LogP contribution in [0.15, 0.2) is 17.6 Å². The van der Waals surface area contributed by atoms with E-state index in [0.29, 0.717) is 10.5 Å². The Balaban J connectivity index is 2.77. The van der Waals surface area contributed by atoms with E-state index in [4.69, 9.17) is 16.7 Å². The van der Waals surface area contributed by atoms with Crippen molar-refractivity contribution < 1.29 is 9.90 Å². The van der Waals surface area contributed by atoms with Crippen molar-refractivity contribution in [3.05, 3.63) is 28.2 Å². The Labute approximate surface area is 82.6 Å². The number of carboxylic acids is 1. The van der Waals surface area contributed by atoms with Crippen LogP contribution in [0.4, 0.5) is 0 Å². The molecule has 3 nitrogen and oxygen atoms in total. The van der Waals surface area contributed by atoms with E-state index in [-0.39, 0.29) is 5.56 Å². The number of hydrogen-bond acceptors (Lipinski definition) is 3. The molecule has 1 heterocycles. The number of nitrogens with zero attached hydrogens (tertiary/aromatic N) is 1. The van der Waals surface area contributed by atoms with E-state index >= 15 is 0 Å². The molecule has 0 radical (unpaired) electrons. The minimum absolute atomic E-state index is 0.196. The Morgan fingerprint density at radius 1 is 1.54 bits per heavy atom. The second kappa shape index (κ2) is 2.97. The first-order chi connectivity index (χ1) is 6.18. The Bertz CT molecular complexity index is 480. The summed E-state index contributed by atoms with van der Waals surface area (Å²) >= 11 is 7.20. The molecule has 0 amide bonds. The van der Waals surface area contributed by atoms with Gasteiger partial charge in [0, 0.05) is 0 Å². The molecule has 0 saturated carbocycles. The molecule has 0 saturated heterocycles. The largest absolute Gasteiger partial charge is 0.478 e. The number of carbonyl (C=O) groups is 1. The molecule has 1 N–H and O–H groups in total. The molecule has 0 aliphatic carbocycles. The van der Waals surface area contributed by atoms with E-state index in [1.54, 1.807) is 11.6 Å². The quantitative estimate of drug-likeness (QED) is 0.792. The molecule has 66 valence electrons. The smallest absolute Gasteiger partial charge is 0.335 e. The average molecular weight is 214 g/mol. The summed E-state index contributed by atoms with van der Waals surface area (Å²) in [7, 11) is 0. The predicted octanol–water partition coefficient (Wildman–Crippen LogP) is 2.65. The maximum Gasteiger partial charge on any atom is 0.335 e. The number of thiazole rings is 1. The molecule has 2 rings (SSSR count). The summed E-state index contributed by atoms with van der Waals surface area (Å²) in [6.07, 6.45) is 0. The molecule has 0 aliphatic rings. The number of aromatic carboxylic acids is 1. The van der Waals surface area contributed by atoms with Crippen molar-refractivity contribution in [2.24, 2.45) is 0 Å². The fourth-order valence-corrected chi connectivity index (χ4v) is 2.11. The van der Waals surface area contributed by atoms with Crippen LogP contribution in [0, 0.1) is 0 Å². The van der Waals surface area contributed by atoms with Gasteiger partial charge < -0.3 is 5.11 Å². The molecule has 5 heteroatoms. The van der Waals surface area contributed by atoms with Gasteiger partial charge in [-0.3, -0.25) is 0 Å². The van der Waals surface area contributed by atoms with Crippen LogP contribution in [-0.4, -0.2) is 16.1 Å². The minimum atomic E-state index is -0.975. The van der Waals surface area contributed by atoms with Gasteiger partial charge in [-0.2, -0.15) is 0 Å². The van der Waals surface area contributed by atoms with Gasteiger partial charge in [0.05, 0.1) is 26.3 Å². The molecule has 0 unspecified atom stereocenters. The first-order valence-corrected chi connectivity index (χ1v) is 4.70. The molecular formula is C8H4ClNO2S. The van der Waals surface area contributed by atoms with Crippen molar-refractivity contribution in [2.45, 2.75) is 0 Å². The topological polar surface area (TPSA) is 50.2 Å². The Morgan fingerprint density at radius 3 is 3.00 bits per heavy atom. The summed E-state index contributed by atoms with van der Waals surface area (Å²) in [6, 6.07) is 2.98. The van der Waals surface area contributed by atoms with Crippen LogP contribution in [0.5, 0.6) is 0 Å². The summed E-state index contributed by atoms with van der Waals surface area (Å²) in [5, 5.41) is 9.12. The predicted molar refractivity (Wildman–Crippen MR) is 51.6 cm³/mol. The van der Waals surface area contributed by atoms with Crippen molar-refractivity contribution in [3.63, 3.8) is 0 Å². The van der Waals surface area contributed by atoms with Crippen LogP contribution in [0.3, 0.4) is 0 Å². The summed E-state index contributed by atoms with van der Waals surface area (Å²) in [6.45, 7) is 0. The molecule has 1 aromatic carbocycles. The van der Waals surface area contributed by atoms with Crippen LogP contribution >= 0.6 is 22.9 Å². The fourth-order valence-electron chi connectivity index (χ4n) is 1.05. The van der Waals surface area contributed by atoms with Gasteiger partial charge in [-0.05, 0) is 12.1 Å². The van der Waals surface area contributed by atoms with E-state index in [1.807, 2.05) is 0 Å². The molecule has 0 bridgehead atoms. The number of benzene rings is 1. The van der Waals surface area contributed by atoms with Crippen molar-refractivity contribution in [1.82, 2.24) is 4.98 Å². The van der Waals surface area contributed by atoms with E-state index in [2.05, 4.69) is 4.98 Å². The monoisotopic (exact) mass is 213 g/mol. The Kier molecular flexibility index (Phi) is 1.94. The Morgan fingerprint density at radius 2 is 2.31 bits per heavy atom. The normalized spacial score (nSPS) is 10.5. The van der Waals surface area contributed by atoms with Crippen LogP contribution in [-0.2, 0) is 0 Å². The zero-order valence-electron chi connectivity index (χ0n) is 6.32. The molecule has 13 heavy (non-hydrogen) atoms. The van der Waals surface area contributed by atoms with Gasteiger partial charge >= 0.3 is 5.97 Å². The highest BCUT2D eigenvalue weighted by Crippen LogP contribution is 2.26. The van der Waals surface area contributed by atoms with Crippen LogP contribution in [0.1, 0.15) is 10.4 Å². The molecule has 0 atom stereocenters. The highest BCUT2D eigenvalue weighted by molar-refractivity contribution is 7.16. The van der Waals surface area contributed by atoms with Crippen molar-refractivity contribution in [2.75, 3.05) is 0 Å². The van der Waals surface area contributed by atoms with Gasteiger partial charge in [-0.15, -0.1) is 11.3 Å². The third-order valence-electron chi connectivity index (χ3n) is 1.64. The van der Waals surface area contributed by atoms with E-state index in [0.717, 1.165) is 4.70 Å². The number of aromatic nitrogens is 1. The highest BCUT2D eigenvalue weighted by Gasteiger charge is 2.09. The molecule has 0 spiro atoms. The maximum atomic E-state index is 10.6. The third-order valence-corrected chi connectivity index (χ3v) is 2.70. The molecular weight excluding hydrogens is 210 g/mol. The minimum Gasteiger partial charge on any atom is -0.478 e. The lowest BCUT2D eigenvalue weighted by Gasteiger charge is -1.95. The maximum absolute atomic E-state index is 10.6. The van der Waals surface area contributed by atoms with Crippen LogP contribution in [0.2, 0.25) is 5.02 Å². The summed E-state index contributed by atoms with van der Waals surface area (Å²) in [5.41, 5.74) is 2.50. The van der Waals surface area contributed by atoms with Gasteiger partial charge in [0.25, 0.3) is 0 Å². The van der Waals surface area contributed by atoms with Gasteiger partial charge in [-0.25, -0.2) is 9.78 Å². The fraction of sp³-hybridized carbons (Fsp3) is 0. The molecule has 2 aromatic rings. The summed E-state index contributed by atoms with van der Waals surface area (Å²) < 4.78 is 0.796. The zero-order chi connectivity index (χ0) is 9.42. The van der Waals surface area contributed by atoms with Crippen molar-refractivity contribution in [3.8, 4) is 0 Å². The van der Waals surface area contributed by atoms with Gasteiger partial charge in [0.1, 0.15) is 0 Å². The third kappa shape index (κ3) is 1.38. The average Bonchev–Trinajstić information content (AvgIpc) is 2.51. The number of carboxylic acid groups (broad SMARTS) is 1. The van der Waals surface area contributed by atoms with Gasteiger partial charge in [0.2, 0.25) is 0 Å². The lowest BCUT2D eigenvalue weighted by atomic mass is 10.2. The number of halogens is 1. The Hall–Kier alpha value is -1.13. The lowest BCUT2D eigenvalue weighted by Crippen LogP contribution is -1.95. The molecule has 0 fully saturated rings. The van der Waals surface area contributed by atoms with Gasteiger partial charge in [-0.1, -0.05) is 11.6 Å². The lowest BCUT2D eigenvalue weighted by molar-refractivity contribution is 0.0697. The first-order valence-electron chi connectivity index (χ1n) is 3.44. The number of fused-ring (bicyclic) bond motifs is 1. The summed E-state index contributed by atoms with van der Waals surface area (Å²) in [4.78, 5) is 14.7. The zero-order valence-corrected chi connectivity index (χ0v) is 7.89. The van der Waals surface area contributed by atoms with E-state index < -0.39 is 5.97 Å². The second-order valence-corrected chi connectivity index (χ2v) is 3.76. The van der Waals surface area contributed by atoms with E-state index in [1.165, 1.54) is 17.4 Å². The van der Waals surface area contributed by atoms with Gasteiger partial charge in [0.15, 0.2) is 0 Å². The standard InChI is InChI=1S/C8H4ClNO2S/c9-5-1-4(8(11)12)2-6-7(5)10-3-13-6/h1-3H,(H,11,12). The van der Waals surface area contributed by atoms with Crippen LogP contribution in [0.25, 0.3) is 10.2 Å². The van der Waals surface area contributed by atoms with Crippen LogP contribution < -0.4 is 0 Å². The van der Waals surface area contributed by atoms with Crippen molar-refractivity contribution in [1.29, 1.82) is 0 Å². The first kappa shape index (κ1) is 8.47. The van der Waals surface area contributed by atoms with Crippen molar-refractivity contribution >= 4 is 39.1 Å². The number of rotatable bonds is 1. The second-order valence-electron chi connectivity index (χ2n) is 2.46. The molecule has 0 aliphatic heterocycles.